The molecule has 34 heavy (non-hydrogen) atoms. The molecule has 2 aromatic rings. The maximum absolute atomic E-state index is 14.1. The highest BCUT2D eigenvalue weighted by Gasteiger charge is 2.52. The fraction of sp³-hybridized carbons (Fsp3) is 0.542. The lowest BCUT2D eigenvalue weighted by Crippen LogP contribution is -2.56. The average Bonchev–Trinajstić information content (AvgIpc) is 3.51. The number of nitrogens with one attached hydrogen (secondary N) is 3. The third-order valence-electron chi connectivity index (χ3n) is 7.16. The lowest BCUT2D eigenvalue weighted by atomic mass is 9.91. The van der Waals surface area contributed by atoms with E-state index in [0.29, 0.717) is 19.5 Å². The number of H-pyrrole nitrogens is 1. The Morgan fingerprint density at radius 2 is 2.06 bits per heavy atom. The molecule has 3 amide bonds. The van der Waals surface area contributed by atoms with Crippen LogP contribution in [0.1, 0.15) is 31.7 Å². The molecular formula is C24H32FN5O4. The van der Waals surface area contributed by atoms with Crippen LogP contribution in [0, 0.1) is 5.82 Å². The van der Waals surface area contributed by atoms with Crippen LogP contribution in [-0.4, -0.2) is 90.5 Å². The van der Waals surface area contributed by atoms with E-state index in [1.54, 1.807) is 24.9 Å². The minimum Gasteiger partial charge on any atom is -0.382 e. The van der Waals surface area contributed by atoms with Gasteiger partial charge >= 0.3 is 0 Å². The normalized spacial score (nSPS) is 23.7. The second-order valence-corrected chi connectivity index (χ2v) is 9.12. The average molecular weight is 474 g/mol. The number of fused-ring (bicyclic) bond motifs is 2. The number of hydrogen-bond acceptors (Lipinski definition) is 5. The topological polar surface area (TPSA) is 107 Å². The molecule has 3 N–H and O–H groups in total. The lowest BCUT2D eigenvalue weighted by molar-refractivity contribution is -0.139. The molecule has 2 aliphatic heterocycles. The molecule has 2 aliphatic rings. The number of rotatable bonds is 7. The van der Waals surface area contributed by atoms with Crippen LogP contribution in [0.5, 0.6) is 0 Å². The first-order valence-electron chi connectivity index (χ1n) is 11.6. The molecule has 0 bridgehead atoms. The van der Waals surface area contributed by atoms with Gasteiger partial charge in [0.25, 0.3) is 0 Å². The van der Waals surface area contributed by atoms with Gasteiger partial charge in [-0.3, -0.25) is 14.4 Å². The van der Waals surface area contributed by atoms with Crippen LogP contribution in [0.25, 0.3) is 10.9 Å². The number of likely N-dealkylation sites (N-methyl/N-ethyl adjacent to an activating group) is 1. The Morgan fingerprint density at radius 3 is 2.74 bits per heavy atom. The highest BCUT2D eigenvalue weighted by molar-refractivity contribution is 5.91. The summed E-state index contributed by atoms with van der Waals surface area (Å²) in [4.78, 5) is 45.4. The summed E-state index contributed by atoms with van der Waals surface area (Å²) in [7, 11) is 3.16. The molecule has 9 nitrogen and oxygen atoms in total. The summed E-state index contributed by atoms with van der Waals surface area (Å²) in [6.07, 6.45) is 2.49. The van der Waals surface area contributed by atoms with Crippen molar-refractivity contribution in [3.8, 4) is 0 Å². The highest BCUT2D eigenvalue weighted by atomic mass is 19.1. The molecule has 0 spiro atoms. The molecule has 0 saturated carbocycles. The van der Waals surface area contributed by atoms with Crippen molar-refractivity contribution in [3.05, 3.63) is 35.8 Å². The lowest BCUT2D eigenvalue weighted by Gasteiger charge is -2.32. The van der Waals surface area contributed by atoms with Crippen LogP contribution in [0.3, 0.4) is 0 Å². The largest absolute Gasteiger partial charge is 0.382 e. The second kappa shape index (κ2) is 9.71. The van der Waals surface area contributed by atoms with Crippen molar-refractivity contribution >= 4 is 28.6 Å². The number of halogens is 1. The molecule has 2 saturated heterocycles. The Bertz CT molecular complexity index is 1090. The zero-order chi connectivity index (χ0) is 24.6. The van der Waals surface area contributed by atoms with E-state index in [1.807, 2.05) is 11.1 Å². The van der Waals surface area contributed by atoms with Crippen LogP contribution < -0.4 is 10.6 Å². The van der Waals surface area contributed by atoms with E-state index in [0.717, 1.165) is 16.5 Å². The summed E-state index contributed by atoms with van der Waals surface area (Å²) in [5.41, 5.74) is 1.68. The molecule has 4 rings (SSSR count). The van der Waals surface area contributed by atoms with Crippen LogP contribution in [-0.2, 0) is 19.1 Å². The molecule has 5 atom stereocenters. The monoisotopic (exact) mass is 473 g/mol. The van der Waals surface area contributed by atoms with Gasteiger partial charge in [0.1, 0.15) is 11.9 Å². The number of benzene rings is 1. The van der Waals surface area contributed by atoms with Gasteiger partial charge in [-0.05, 0) is 44.2 Å². The number of nitrogens with zero attached hydrogens (tertiary/aromatic N) is 2. The standard InChI is InChI=1S/C24H32FN5O4/c1-13(26-3)23(32)28-20(12-34-4)24(33)29-8-7-21-22(29)18(11-30(21)14(2)31)17-10-27-19-6-5-15(25)9-16(17)19/h5-6,9-10,13,18,20-22,26-27H,7-8,11-12H2,1-4H3,(H,28,32)/t13-,18+,20-,21+,22+/m0/s1. The fourth-order valence-electron chi connectivity index (χ4n) is 5.37. The summed E-state index contributed by atoms with van der Waals surface area (Å²) in [6, 6.07) is 2.84. The van der Waals surface area contributed by atoms with E-state index in [4.69, 9.17) is 4.74 Å². The van der Waals surface area contributed by atoms with Gasteiger partial charge in [-0.15, -0.1) is 0 Å². The van der Waals surface area contributed by atoms with E-state index >= 15 is 0 Å². The van der Waals surface area contributed by atoms with Crippen molar-refractivity contribution in [2.45, 2.75) is 50.4 Å². The number of aromatic nitrogens is 1. The summed E-state index contributed by atoms with van der Waals surface area (Å²) in [6.45, 7) is 4.18. The van der Waals surface area contributed by atoms with Crippen molar-refractivity contribution in [1.29, 1.82) is 0 Å². The summed E-state index contributed by atoms with van der Waals surface area (Å²) < 4.78 is 19.3. The molecule has 3 heterocycles. The molecular weight excluding hydrogens is 441 g/mol. The van der Waals surface area contributed by atoms with Gasteiger partial charge in [0.05, 0.1) is 24.7 Å². The Hall–Kier alpha value is -2.98. The SMILES string of the molecule is CN[C@@H](C)C(=O)N[C@@H](COC)C(=O)N1CC[C@@H]2[C@H]1[C@@H](c1c[nH]c3ccc(F)cc13)CN2C(C)=O. The van der Waals surface area contributed by atoms with Gasteiger partial charge in [0.2, 0.25) is 17.7 Å². The molecule has 1 aromatic carbocycles. The zero-order valence-corrected chi connectivity index (χ0v) is 19.9. The smallest absolute Gasteiger partial charge is 0.247 e. The second-order valence-electron chi connectivity index (χ2n) is 9.12. The predicted molar refractivity (Wildman–Crippen MR) is 125 cm³/mol. The highest BCUT2D eigenvalue weighted by Crippen LogP contribution is 2.43. The first-order valence-corrected chi connectivity index (χ1v) is 11.6. The number of amides is 3. The first-order chi connectivity index (χ1) is 16.3. The van der Waals surface area contributed by atoms with Crippen molar-refractivity contribution < 1.29 is 23.5 Å². The summed E-state index contributed by atoms with van der Waals surface area (Å²) in [5, 5.41) is 6.41. The number of carbonyl (C=O) groups excluding carboxylic acids is 3. The van der Waals surface area contributed by atoms with Gasteiger partial charge in [0.15, 0.2) is 0 Å². The van der Waals surface area contributed by atoms with Crippen molar-refractivity contribution in [2.75, 3.05) is 33.9 Å². The molecule has 10 heteroatoms. The van der Waals surface area contributed by atoms with Gasteiger partial charge < -0.3 is 30.2 Å². The van der Waals surface area contributed by atoms with Crippen molar-refractivity contribution in [1.82, 2.24) is 25.4 Å². The summed E-state index contributed by atoms with van der Waals surface area (Å²) >= 11 is 0. The zero-order valence-electron chi connectivity index (χ0n) is 19.9. The van der Waals surface area contributed by atoms with Crippen LogP contribution in [0.2, 0.25) is 0 Å². The summed E-state index contributed by atoms with van der Waals surface area (Å²) in [5.74, 6) is -1.12. The van der Waals surface area contributed by atoms with Crippen molar-refractivity contribution in [2.24, 2.45) is 0 Å². The quantitative estimate of drug-likeness (QED) is 0.556. The number of aromatic amines is 1. The molecule has 2 fully saturated rings. The van der Waals surface area contributed by atoms with Crippen LogP contribution in [0.4, 0.5) is 4.39 Å². The predicted octanol–water partition coefficient (Wildman–Crippen LogP) is 0.961. The molecule has 0 aliphatic carbocycles. The maximum atomic E-state index is 14.1. The minimum absolute atomic E-state index is 0.0360. The number of hydrogen-bond donors (Lipinski definition) is 3. The Morgan fingerprint density at radius 1 is 1.29 bits per heavy atom. The number of carbonyl (C=O) groups is 3. The minimum atomic E-state index is -0.848. The van der Waals surface area contributed by atoms with E-state index in [9.17, 15) is 18.8 Å². The molecule has 0 radical (unpaired) electrons. The van der Waals surface area contributed by atoms with Gasteiger partial charge in [-0.2, -0.15) is 0 Å². The first kappa shape index (κ1) is 24.2. The molecule has 1 aromatic heterocycles. The van der Waals surface area contributed by atoms with E-state index < -0.39 is 12.1 Å². The fourth-order valence-corrected chi connectivity index (χ4v) is 5.37. The Labute approximate surface area is 198 Å². The van der Waals surface area contributed by atoms with Crippen LogP contribution >= 0.6 is 0 Å². The molecule has 0 unspecified atom stereocenters. The van der Waals surface area contributed by atoms with Crippen LogP contribution in [0.15, 0.2) is 24.4 Å². The number of ether oxygens (including phenoxy) is 1. The van der Waals surface area contributed by atoms with Gasteiger partial charge in [-0.1, -0.05) is 0 Å². The Balaban J connectivity index is 1.67. The van der Waals surface area contributed by atoms with Gasteiger partial charge in [-0.25, -0.2) is 4.39 Å². The van der Waals surface area contributed by atoms with Gasteiger partial charge in [0, 0.05) is 50.1 Å². The van der Waals surface area contributed by atoms with Crippen molar-refractivity contribution in [3.63, 3.8) is 0 Å². The third kappa shape index (κ3) is 4.27. The van der Waals surface area contributed by atoms with E-state index in [2.05, 4.69) is 15.6 Å². The third-order valence-corrected chi connectivity index (χ3v) is 7.16. The Kier molecular flexibility index (Phi) is 6.90. The van der Waals surface area contributed by atoms with E-state index in [-0.39, 0.29) is 48.1 Å². The van der Waals surface area contributed by atoms with E-state index in [1.165, 1.54) is 26.2 Å². The number of methoxy groups -OCH3 is 1. The number of likely N-dealkylation sites (tertiary alicyclic amines) is 2. The molecule has 184 valence electrons. The maximum Gasteiger partial charge on any atom is 0.247 e.